The monoisotopic (exact) mass is 443 g/mol. The Morgan fingerprint density at radius 3 is 2.63 bits per heavy atom. The van der Waals surface area contributed by atoms with Crippen LogP contribution in [0.4, 0.5) is 5.95 Å². The van der Waals surface area contributed by atoms with E-state index in [9.17, 15) is 9.59 Å². The molecule has 0 unspecified atom stereocenters. The van der Waals surface area contributed by atoms with Gasteiger partial charge in [-0.3, -0.25) is 14.9 Å². The molecule has 154 valence electrons. The molecule has 30 heavy (non-hydrogen) atoms. The van der Waals surface area contributed by atoms with Crippen LogP contribution in [0.25, 0.3) is 0 Å². The quantitative estimate of drug-likeness (QED) is 0.635. The van der Waals surface area contributed by atoms with E-state index in [2.05, 4.69) is 20.5 Å². The third-order valence-electron chi connectivity index (χ3n) is 5.33. The molecule has 2 aromatic carbocycles. The number of fused-ring (bicyclic) bond motifs is 1. The van der Waals surface area contributed by atoms with Crippen LogP contribution in [-0.4, -0.2) is 38.4 Å². The van der Waals surface area contributed by atoms with Crippen molar-refractivity contribution in [1.29, 1.82) is 0 Å². The van der Waals surface area contributed by atoms with Crippen LogP contribution in [0.1, 0.15) is 40.0 Å². The van der Waals surface area contributed by atoms with Gasteiger partial charge in [-0.25, -0.2) is 5.10 Å². The molecular weight excluding hydrogens is 425 g/mol. The average Bonchev–Trinajstić information content (AvgIpc) is 3.23. The second-order valence-corrected chi connectivity index (χ2v) is 7.87. The highest BCUT2D eigenvalue weighted by Crippen LogP contribution is 2.33. The Labute approximate surface area is 183 Å². The van der Waals surface area contributed by atoms with Crippen LogP contribution < -0.4 is 5.32 Å². The van der Waals surface area contributed by atoms with Crippen LogP contribution in [0.2, 0.25) is 10.0 Å². The summed E-state index contributed by atoms with van der Waals surface area (Å²) < 4.78 is 0. The topological polar surface area (TPSA) is 91.0 Å². The van der Waals surface area contributed by atoms with Crippen molar-refractivity contribution in [3.05, 3.63) is 75.0 Å². The summed E-state index contributed by atoms with van der Waals surface area (Å²) in [6, 6.07) is 10.6. The lowest BCUT2D eigenvalue weighted by atomic mass is 9.89. The maximum Gasteiger partial charge on any atom is 0.258 e. The van der Waals surface area contributed by atoms with Crippen LogP contribution in [-0.2, 0) is 17.6 Å². The SMILES string of the molecule is C[C@H]1c2cccc(C(=O)Nc3ncn[nH]3)c2CCN1C(=O)Cc1c(Cl)cccc1Cl. The largest absolute Gasteiger partial charge is 0.335 e. The highest BCUT2D eigenvalue weighted by atomic mass is 35.5. The zero-order valence-corrected chi connectivity index (χ0v) is 17.7. The fourth-order valence-corrected chi connectivity index (χ4v) is 4.35. The molecule has 4 rings (SSSR count). The summed E-state index contributed by atoms with van der Waals surface area (Å²) in [5.74, 6) is -0.0343. The number of H-pyrrole nitrogens is 1. The van der Waals surface area contributed by atoms with Crippen molar-refractivity contribution >= 4 is 41.0 Å². The smallest absolute Gasteiger partial charge is 0.258 e. The van der Waals surface area contributed by atoms with Gasteiger partial charge in [-0.05, 0) is 48.2 Å². The average molecular weight is 444 g/mol. The molecule has 1 aliphatic heterocycles. The van der Waals surface area contributed by atoms with E-state index in [1.807, 2.05) is 19.1 Å². The number of carbonyl (C=O) groups excluding carboxylic acids is 2. The second kappa shape index (κ2) is 8.45. The summed E-state index contributed by atoms with van der Waals surface area (Å²) in [6.45, 7) is 2.46. The minimum atomic E-state index is -0.265. The molecule has 7 nitrogen and oxygen atoms in total. The number of anilines is 1. The zero-order valence-electron chi connectivity index (χ0n) is 16.2. The molecule has 9 heteroatoms. The molecule has 0 saturated carbocycles. The minimum Gasteiger partial charge on any atom is -0.335 e. The highest BCUT2D eigenvalue weighted by Gasteiger charge is 2.30. The molecule has 0 aliphatic carbocycles. The molecule has 1 aromatic heterocycles. The molecular formula is C21H19Cl2N5O2. The Hall–Kier alpha value is -2.90. The number of benzene rings is 2. The number of carbonyl (C=O) groups is 2. The molecule has 0 saturated heterocycles. The van der Waals surface area contributed by atoms with Gasteiger partial charge in [0.25, 0.3) is 5.91 Å². The van der Waals surface area contributed by atoms with E-state index in [4.69, 9.17) is 23.2 Å². The van der Waals surface area contributed by atoms with Gasteiger partial charge in [0.2, 0.25) is 11.9 Å². The highest BCUT2D eigenvalue weighted by molar-refractivity contribution is 6.36. The van der Waals surface area contributed by atoms with Crippen molar-refractivity contribution in [1.82, 2.24) is 20.1 Å². The van der Waals surface area contributed by atoms with Gasteiger partial charge in [0.05, 0.1) is 12.5 Å². The standard InChI is InChI=1S/C21H19Cl2N5O2/c1-12-13-4-2-5-15(20(30)26-21-24-11-25-27-21)14(13)8-9-28(12)19(29)10-16-17(22)6-3-7-18(16)23/h2-7,11-12H,8-10H2,1H3,(H2,24,25,26,27,30)/t12-/m0/s1. The lowest BCUT2D eigenvalue weighted by molar-refractivity contribution is -0.133. The molecule has 3 aromatic rings. The lowest BCUT2D eigenvalue weighted by Gasteiger charge is -2.36. The number of rotatable bonds is 4. The van der Waals surface area contributed by atoms with Crippen molar-refractivity contribution in [3.63, 3.8) is 0 Å². The van der Waals surface area contributed by atoms with Gasteiger partial charge >= 0.3 is 0 Å². The van der Waals surface area contributed by atoms with E-state index in [0.29, 0.717) is 34.1 Å². The number of hydrogen-bond acceptors (Lipinski definition) is 4. The number of aromatic amines is 1. The molecule has 2 amide bonds. The van der Waals surface area contributed by atoms with Gasteiger partial charge in [-0.15, -0.1) is 0 Å². The van der Waals surface area contributed by atoms with Crippen LogP contribution in [0.15, 0.2) is 42.7 Å². The first kappa shape index (κ1) is 20.4. The fourth-order valence-electron chi connectivity index (χ4n) is 3.82. The van der Waals surface area contributed by atoms with E-state index in [0.717, 1.165) is 11.1 Å². The first-order valence-electron chi connectivity index (χ1n) is 9.46. The maximum absolute atomic E-state index is 13.0. The number of nitrogens with zero attached hydrogens (tertiary/aromatic N) is 3. The Bertz CT molecular complexity index is 1080. The third-order valence-corrected chi connectivity index (χ3v) is 6.04. The van der Waals surface area contributed by atoms with E-state index in [-0.39, 0.29) is 30.2 Å². The van der Waals surface area contributed by atoms with Gasteiger partial charge in [-0.2, -0.15) is 10.1 Å². The first-order valence-corrected chi connectivity index (χ1v) is 10.2. The fraction of sp³-hybridized carbons (Fsp3) is 0.238. The maximum atomic E-state index is 13.0. The Morgan fingerprint density at radius 1 is 1.20 bits per heavy atom. The van der Waals surface area contributed by atoms with Gasteiger partial charge in [-0.1, -0.05) is 41.4 Å². The number of aromatic nitrogens is 3. The molecule has 2 heterocycles. The van der Waals surface area contributed by atoms with Crippen molar-refractivity contribution < 1.29 is 9.59 Å². The number of halogens is 2. The van der Waals surface area contributed by atoms with E-state index >= 15 is 0 Å². The summed E-state index contributed by atoms with van der Waals surface area (Å²) in [5, 5.41) is 10.0. The van der Waals surface area contributed by atoms with Crippen molar-refractivity contribution in [2.75, 3.05) is 11.9 Å². The Balaban J connectivity index is 1.56. The number of hydrogen-bond donors (Lipinski definition) is 2. The number of nitrogens with one attached hydrogen (secondary N) is 2. The predicted molar refractivity (Wildman–Crippen MR) is 115 cm³/mol. The first-order chi connectivity index (χ1) is 14.5. The molecule has 1 atom stereocenters. The second-order valence-electron chi connectivity index (χ2n) is 7.05. The number of amides is 2. The van der Waals surface area contributed by atoms with Crippen LogP contribution in [0, 0.1) is 0 Å². The molecule has 0 radical (unpaired) electrons. The van der Waals surface area contributed by atoms with Gasteiger partial charge in [0.15, 0.2) is 0 Å². The Morgan fingerprint density at radius 2 is 1.93 bits per heavy atom. The van der Waals surface area contributed by atoms with E-state index < -0.39 is 0 Å². The van der Waals surface area contributed by atoms with Gasteiger partial charge in [0, 0.05) is 22.2 Å². The molecule has 0 fully saturated rings. The molecule has 0 bridgehead atoms. The summed E-state index contributed by atoms with van der Waals surface area (Å²) >= 11 is 12.5. The van der Waals surface area contributed by atoms with Crippen LogP contribution >= 0.6 is 23.2 Å². The van der Waals surface area contributed by atoms with Crippen molar-refractivity contribution in [2.45, 2.75) is 25.8 Å². The summed E-state index contributed by atoms with van der Waals surface area (Å²) in [5.41, 5.74) is 3.08. The van der Waals surface area contributed by atoms with Crippen LogP contribution in [0.5, 0.6) is 0 Å². The summed E-state index contributed by atoms with van der Waals surface area (Å²) in [4.78, 5) is 31.5. The van der Waals surface area contributed by atoms with Crippen molar-refractivity contribution in [3.8, 4) is 0 Å². The molecule has 1 aliphatic rings. The molecule has 2 N–H and O–H groups in total. The van der Waals surface area contributed by atoms with Crippen molar-refractivity contribution in [2.24, 2.45) is 0 Å². The predicted octanol–water partition coefficient (Wildman–Crippen LogP) is 4.05. The third kappa shape index (κ3) is 3.91. The molecule has 0 spiro atoms. The van der Waals surface area contributed by atoms with Gasteiger partial charge < -0.3 is 4.90 Å². The Kier molecular flexibility index (Phi) is 5.74. The van der Waals surface area contributed by atoms with E-state index in [1.165, 1.54) is 6.33 Å². The lowest BCUT2D eigenvalue weighted by Crippen LogP contribution is -2.40. The van der Waals surface area contributed by atoms with Crippen LogP contribution in [0.3, 0.4) is 0 Å². The zero-order chi connectivity index (χ0) is 21.3. The summed E-state index contributed by atoms with van der Waals surface area (Å²) in [7, 11) is 0. The summed E-state index contributed by atoms with van der Waals surface area (Å²) in [6.07, 6.45) is 2.03. The van der Waals surface area contributed by atoms with E-state index in [1.54, 1.807) is 29.2 Å². The van der Waals surface area contributed by atoms with Gasteiger partial charge in [0.1, 0.15) is 6.33 Å². The minimum absolute atomic E-state index is 0.0559. The normalized spacial score (nSPS) is 15.6.